The van der Waals surface area contributed by atoms with Crippen LogP contribution in [-0.2, 0) is 37.3 Å². The number of anilines is 2. The van der Waals surface area contributed by atoms with Crippen LogP contribution >= 0.6 is 0 Å². The van der Waals surface area contributed by atoms with Gasteiger partial charge in [0.05, 0.1) is 22.4 Å². The fourth-order valence-electron chi connectivity index (χ4n) is 6.46. The van der Waals surface area contributed by atoms with Crippen molar-refractivity contribution in [2.45, 2.75) is 83.2 Å². The van der Waals surface area contributed by atoms with E-state index in [1.165, 1.54) is 18.5 Å². The van der Waals surface area contributed by atoms with Crippen LogP contribution in [0.5, 0.6) is 0 Å². The molecule has 2 aromatic heterocycles. The van der Waals surface area contributed by atoms with Gasteiger partial charge >= 0.3 is 12.4 Å². The molecule has 0 amide bonds. The van der Waals surface area contributed by atoms with Gasteiger partial charge < -0.3 is 14.7 Å². The van der Waals surface area contributed by atoms with Crippen LogP contribution < -0.4 is 9.80 Å². The Morgan fingerprint density at radius 1 is 0.860 bits per heavy atom. The van der Waals surface area contributed by atoms with Gasteiger partial charge in [-0.25, -0.2) is 15.0 Å². The first-order valence-electron chi connectivity index (χ1n) is 17.0. The van der Waals surface area contributed by atoms with Gasteiger partial charge in [0.15, 0.2) is 5.78 Å². The SMILES string of the molecule is CN(C)C=CC(=O)c1cnc(N(Cc2cc(C(F)(F)F)cc(C(F)(F)F)c2)Cc2cc3c(nc2N(CC2CC2)CC2CC2)C(C)(C)CC3)nc1. The number of fused-ring (bicyclic) bond motifs is 1. The molecular weight excluding hydrogens is 658 g/mol. The Hall–Kier alpha value is -4.16. The number of carbonyl (C=O) groups is 1. The lowest BCUT2D eigenvalue weighted by molar-refractivity contribution is -0.143. The quantitative estimate of drug-likeness (QED) is 0.101. The number of carbonyl (C=O) groups excluding carboxylic acids is 1. The number of rotatable bonds is 13. The summed E-state index contributed by atoms with van der Waals surface area (Å²) in [4.78, 5) is 32.4. The molecule has 1 aromatic carbocycles. The maximum atomic E-state index is 13.9. The summed E-state index contributed by atoms with van der Waals surface area (Å²) in [7, 11) is 3.53. The summed E-state index contributed by atoms with van der Waals surface area (Å²) in [5.41, 5.74) is -0.00857. The van der Waals surface area contributed by atoms with Crippen molar-refractivity contribution in [1.82, 2.24) is 19.9 Å². The van der Waals surface area contributed by atoms with E-state index >= 15 is 0 Å². The number of nitrogens with zero attached hydrogens (tertiary/aromatic N) is 6. The van der Waals surface area contributed by atoms with E-state index < -0.39 is 23.5 Å². The van der Waals surface area contributed by atoms with Crippen molar-refractivity contribution in [1.29, 1.82) is 0 Å². The minimum atomic E-state index is -4.99. The van der Waals surface area contributed by atoms with Gasteiger partial charge in [-0.05, 0) is 85.8 Å². The Labute approximate surface area is 288 Å². The minimum Gasteiger partial charge on any atom is -0.383 e. The van der Waals surface area contributed by atoms with E-state index in [-0.39, 0.29) is 47.4 Å². The third-order valence-electron chi connectivity index (χ3n) is 9.58. The second-order valence-corrected chi connectivity index (χ2v) is 14.8. The van der Waals surface area contributed by atoms with E-state index in [2.05, 4.69) is 34.8 Å². The van der Waals surface area contributed by atoms with Crippen LogP contribution in [0.3, 0.4) is 0 Å². The molecule has 0 atom stereocenters. The molecule has 0 spiro atoms. The molecule has 7 nitrogen and oxygen atoms in total. The van der Waals surface area contributed by atoms with E-state index in [0.29, 0.717) is 11.8 Å². The Balaban J connectivity index is 1.43. The Morgan fingerprint density at radius 2 is 1.44 bits per heavy atom. The molecule has 2 fully saturated rings. The average Bonchev–Trinajstić information content (AvgIpc) is 3.99. The van der Waals surface area contributed by atoms with Crippen LogP contribution in [0, 0.1) is 11.8 Å². The third-order valence-corrected chi connectivity index (χ3v) is 9.58. The van der Waals surface area contributed by atoms with Crippen molar-refractivity contribution in [2.75, 3.05) is 37.0 Å². The second-order valence-electron chi connectivity index (χ2n) is 14.8. The lowest BCUT2D eigenvalue weighted by Gasteiger charge is -2.31. The molecule has 2 heterocycles. The molecule has 0 unspecified atom stereocenters. The molecule has 0 saturated heterocycles. The van der Waals surface area contributed by atoms with Crippen molar-refractivity contribution in [3.05, 3.63) is 88.0 Å². The van der Waals surface area contributed by atoms with Crippen LogP contribution in [-0.4, -0.2) is 52.8 Å². The summed E-state index contributed by atoms with van der Waals surface area (Å²) in [5.74, 6) is 1.62. The number of halogens is 6. The van der Waals surface area contributed by atoms with Gasteiger partial charge in [-0.1, -0.05) is 13.8 Å². The molecule has 2 saturated carbocycles. The molecule has 3 aromatic rings. The van der Waals surface area contributed by atoms with Crippen LogP contribution in [0.4, 0.5) is 38.1 Å². The largest absolute Gasteiger partial charge is 0.416 e. The zero-order valence-electron chi connectivity index (χ0n) is 28.7. The lowest BCUT2D eigenvalue weighted by atomic mass is 9.90. The Bertz CT molecular complexity index is 1700. The van der Waals surface area contributed by atoms with Crippen LogP contribution in [0.15, 0.2) is 48.9 Å². The molecule has 0 N–H and O–H groups in total. The smallest absolute Gasteiger partial charge is 0.383 e. The topological polar surface area (TPSA) is 65.5 Å². The highest BCUT2D eigenvalue weighted by atomic mass is 19.4. The summed E-state index contributed by atoms with van der Waals surface area (Å²) in [6, 6.07) is 3.71. The number of allylic oxidation sites excluding steroid dienone is 1. The highest BCUT2D eigenvalue weighted by Gasteiger charge is 2.38. The average molecular weight is 701 g/mol. The summed E-state index contributed by atoms with van der Waals surface area (Å²) in [6.45, 7) is 5.74. The molecule has 3 aliphatic rings. The zero-order valence-corrected chi connectivity index (χ0v) is 28.7. The van der Waals surface area contributed by atoms with E-state index in [4.69, 9.17) is 4.98 Å². The molecule has 13 heteroatoms. The summed E-state index contributed by atoms with van der Waals surface area (Å²) in [6.07, 6.45) is 1.87. The zero-order chi connectivity index (χ0) is 36.0. The summed E-state index contributed by atoms with van der Waals surface area (Å²) >= 11 is 0. The maximum absolute atomic E-state index is 13.9. The van der Waals surface area contributed by atoms with Crippen LogP contribution in [0.2, 0.25) is 0 Å². The third kappa shape index (κ3) is 8.58. The normalized spacial score (nSPS) is 17.2. The molecule has 0 bridgehead atoms. The highest BCUT2D eigenvalue weighted by molar-refractivity contribution is 6.04. The van der Waals surface area contributed by atoms with Crippen molar-refractivity contribution in [3.63, 3.8) is 0 Å². The Morgan fingerprint density at radius 3 is 1.96 bits per heavy atom. The van der Waals surface area contributed by atoms with E-state index in [1.807, 2.05) is 0 Å². The van der Waals surface area contributed by atoms with Crippen molar-refractivity contribution in [3.8, 4) is 0 Å². The highest BCUT2D eigenvalue weighted by Crippen LogP contribution is 2.42. The number of pyridine rings is 1. The van der Waals surface area contributed by atoms with Gasteiger partial charge in [0.25, 0.3) is 0 Å². The first kappa shape index (κ1) is 35.7. The van der Waals surface area contributed by atoms with E-state index in [9.17, 15) is 31.1 Å². The molecule has 50 heavy (non-hydrogen) atoms. The van der Waals surface area contributed by atoms with E-state index in [1.54, 1.807) is 30.1 Å². The van der Waals surface area contributed by atoms with Crippen molar-refractivity contribution >= 4 is 17.5 Å². The standard InChI is InChI=1S/C37H42F6N6O/c1-35(2)11-9-26-15-27(33(46-32(26)35)48(19-23-5-6-23)20-24-7-8-24)22-49(34-44-17-28(18-45-34)31(50)10-12-47(3)4)21-25-13-29(36(38,39)40)16-30(14-25)37(41,42)43/h10,12-18,23-24H,5-9,11,19-22H2,1-4H3. The molecular formula is C37H42F6N6O. The number of benzene rings is 1. The van der Waals surface area contributed by atoms with Crippen LogP contribution in [0.1, 0.15) is 89.8 Å². The first-order valence-corrected chi connectivity index (χ1v) is 17.0. The number of aromatic nitrogens is 3. The number of ketones is 1. The second kappa shape index (κ2) is 13.5. The number of hydrogen-bond donors (Lipinski definition) is 0. The predicted octanol–water partition coefficient (Wildman–Crippen LogP) is 8.22. The number of hydrogen-bond acceptors (Lipinski definition) is 7. The molecule has 0 radical (unpaired) electrons. The Kier molecular flexibility index (Phi) is 9.64. The van der Waals surface area contributed by atoms with Gasteiger partial charge in [0.2, 0.25) is 5.95 Å². The number of alkyl halides is 6. The minimum absolute atomic E-state index is 0.0619. The molecule has 6 rings (SSSR count). The van der Waals surface area contributed by atoms with Gasteiger partial charge in [0.1, 0.15) is 5.82 Å². The molecule has 3 aliphatic carbocycles. The lowest BCUT2D eigenvalue weighted by Crippen LogP contribution is -2.33. The molecule has 268 valence electrons. The predicted molar refractivity (Wildman–Crippen MR) is 179 cm³/mol. The summed E-state index contributed by atoms with van der Waals surface area (Å²) < 4.78 is 83.2. The first-order chi connectivity index (χ1) is 23.5. The van der Waals surface area contributed by atoms with Crippen molar-refractivity contribution < 1.29 is 31.1 Å². The van der Waals surface area contributed by atoms with E-state index in [0.717, 1.165) is 86.4 Å². The summed E-state index contributed by atoms with van der Waals surface area (Å²) in [5, 5.41) is 0. The maximum Gasteiger partial charge on any atom is 0.416 e. The van der Waals surface area contributed by atoms with Gasteiger partial charge in [-0.15, -0.1) is 0 Å². The van der Waals surface area contributed by atoms with Gasteiger partial charge in [-0.3, -0.25) is 4.79 Å². The molecule has 0 aliphatic heterocycles. The van der Waals surface area contributed by atoms with Crippen molar-refractivity contribution in [2.24, 2.45) is 11.8 Å². The monoisotopic (exact) mass is 700 g/mol. The van der Waals surface area contributed by atoms with Crippen LogP contribution in [0.25, 0.3) is 0 Å². The number of aryl methyl sites for hydroxylation is 1. The fourth-order valence-corrected chi connectivity index (χ4v) is 6.46. The van der Waals surface area contributed by atoms with Gasteiger partial charge in [-0.2, -0.15) is 26.3 Å². The van der Waals surface area contributed by atoms with Gasteiger partial charge in [0, 0.05) is 75.9 Å². The fraction of sp³-hybridized carbons (Fsp3) is 0.514.